The number of rotatable bonds is 2. The van der Waals surface area contributed by atoms with Crippen LogP contribution in [0.3, 0.4) is 0 Å². The lowest BCUT2D eigenvalue weighted by Crippen LogP contribution is -2.30. The first-order valence-corrected chi connectivity index (χ1v) is 7.36. The Morgan fingerprint density at radius 2 is 1.82 bits per heavy atom. The Bertz CT molecular complexity index is 680. The predicted octanol–water partition coefficient (Wildman–Crippen LogP) is 2.63. The van der Waals surface area contributed by atoms with E-state index in [1.54, 1.807) is 30.3 Å². The molecule has 0 aromatic heterocycles. The summed E-state index contributed by atoms with van der Waals surface area (Å²) in [6.45, 7) is 1.31. The largest absolute Gasteiger partial charge is 0.427 e. The highest BCUT2D eigenvalue weighted by Crippen LogP contribution is 2.40. The van der Waals surface area contributed by atoms with E-state index in [4.69, 9.17) is 16.3 Å². The Morgan fingerprint density at radius 3 is 2.45 bits per heavy atom. The highest BCUT2D eigenvalue weighted by molar-refractivity contribution is 6.30. The molecule has 1 aromatic rings. The smallest absolute Gasteiger partial charge is 0.308 e. The molecule has 6 heteroatoms. The fraction of sp³-hybridized carbons (Fsp3) is 0.312. The van der Waals surface area contributed by atoms with Crippen LogP contribution < -0.4 is 9.64 Å². The number of esters is 1. The number of allylic oxidation sites excluding steroid dienone is 2. The standard InChI is InChI=1S/C16H14ClNO4/c1-9(19)22-12-5-3-11(4-6-12)18-15(20)13-7-2-10(17)8-14(13)16(18)21/h2-6,13-14H,7-8H2,1H3. The van der Waals surface area contributed by atoms with Crippen molar-refractivity contribution in [3.8, 4) is 5.75 Å². The van der Waals surface area contributed by atoms with Crippen molar-refractivity contribution in [2.24, 2.45) is 11.8 Å². The zero-order chi connectivity index (χ0) is 15.9. The Hall–Kier alpha value is -2.14. The molecule has 22 heavy (non-hydrogen) atoms. The van der Waals surface area contributed by atoms with Crippen LogP contribution in [0.2, 0.25) is 0 Å². The first-order chi connectivity index (χ1) is 10.5. The second kappa shape index (κ2) is 5.57. The van der Waals surface area contributed by atoms with Gasteiger partial charge in [0.05, 0.1) is 17.5 Å². The monoisotopic (exact) mass is 319 g/mol. The van der Waals surface area contributed by atoms with Crippen molar-refractivity contribution in [3.63, 3.8) is 0 Å². The summed E-state index contributed by atoms with van der Waals surface area (Å²) in [4.78, 5) is 37.1. The molecule has 0 spiro atoms. The Kier molecular flexibility index (Phi) is 3.74. The summed E-state index contributed by atoms with van der Waals surface area (Å²) in [7, 11) is 0. The Morgan fingerprint density at radius 1 is 1.18 bits per heavy atom. The maximum Gasteiger partial charge on any atom is 0.308 e. The number of benzene rings is 1. The Labute approximate surface area is 132 Å². The molecule has 1 heterocycles. The van der Waals surface area contributed by atoms with Crippen LogP contribution in [0.4, 0.5) is 5.69 Å². The van der Waals surface area contributed by atoms with Gasteiger partial charge in [-0.1, -0.05) is 17.7 Å². The second-order valence-corrected chi connectivity index (χ2v) is 5.89. The lowest BCUT2D eigenvalue weighted by Gasteiger charge is -2.17. The van der Waals surface area contributed by atoms with Gasteiger partial charge < -0.3 is 4.74 Å². The number of imide groups is 1. The third-order valence-corrected chi connectivity index (χ3v) is 4.23. The predicted molar refractivity (Wildman–Crippen MR) is 80.4 cm³/mol. The van der Waals surface area contributed by atoms with Crippen LogP contribution in [0.5, 0.6) is 5.75 Å². The molecule has 0 bridgehead atoms. The van der Waals surface area contributed by atoms with Gasteiger partial charge in [0.25, 0.3) is 0 Å². The molecule has 2 amide bonds. The summed E-state index contributed by atoms with van der Waals surface area (Å²) >= 11 is 5.99. The average Bonchev–Trinajstić information content (AvgIpc) is 2.71. The van der Waals surface area contributed by atoms with Crippen molar-refractivity contribution >= 4 is 35.1 Å². The molecule has 1 aromatic carbocycles. The number of amides is 2. The molecular formula is C16H14ClNO4. The molecule has 2 unspecified atom stereocenters. The minimum absolute atomic E-state index is 0.198. The quantitative estimate of drug-likeness (QED) is 0.477. The molecular weight excluding hydrogens is 306 g/mol. The summed E-state index contributed by atoms with van der Waals surface area (Å²) in [6.07, 6.45) is 2.72. The van der Waals surface area contributed by atoms with E-state index in [9.17, 15) is 14.4 Å². The van der Waals surface area contributed by atoms with Crippen molar-refractivity contribution in [3.05, 3.63) is 35.4 Å². The van der Waals surface area contributed by atoms with Gasteiger partial charge in [-0.25, -0.2) is 0 Å². The number of hydrogen-bond acceptors (Lipinski definition) is 4. The van der Waals surface area contributed by atoms with Crippen molar-refractivity contribution < 1.29 is 19.1 Å². The molecule has 2 atom stereocenters. The highest BCUT2D eigenvalue weighted by atomic mass is 35.5. The van der Waals surface area contributed by atoms with E-state index in [0.717, 1.165) is 0 Å². The lowest BCUT2D eigenvalue weighted by molar-refractivity contribution is -0.132. The van der Waals surface area contributed by atoms with Crippen molar-refractivity contribution in [1.29, 1.82) is 0 Å². The number of carbonyl (C=O) groups is 3. The normalized spacial score (nSPS) is 24.1. The fourth-order valence-electron chi connectivity index (χ4n) is 2.91. The molecule has 1 fully saturated rings. The molecule has 0 N–H and O–H groups in total. The molecule has 3 rings (SSSR count). The highest BCUT2D eigenvalue weighted by Gasteiger charge is 2.48. The number of carbonyl (C=O) groups excluding carboxylic acids is 3. The third-order valence-electron chi connectivity index (χ3n) is 3.93. The zero-order valence-corrected chi connectivity index (χ0v) is 12.7. The second-order valence-electron chi connectivity index (χ2n) is 5.40. The molecule has 0 saturated carbocycles. The van der Waals surface area contributed by atoms with Gasteiger partial charge in [0.1, 0.15) is 5.75 Å². The van der Waals surface area contributed by atoms with Crippen molar-refractivity contribution in [1.82, 2.24) is 0 Å². The van der Waals surface area contributed by atoms with Crippen LogP contribution in [0.25, 0.3) is 0 Å². The molecule has 114 valence electrons. The summed E-state index contributed by atoms with van der Waals surface area (Å²) in [5, 5.41) is 0.634. The Balaban J connectivity index is 1.85. The summed E-state index contributed by atoms with van der Waals surface area (Å²) in [6, 6.07) is 6.32. The molecule has 0 radical (unpaired) electrons. The zero-order valence-electron chi connectivity index (χ0n) is 11.9. The molecule has 2 aliphatic rings. The van der Waals surface area contributed by atoms with E-state index in [-0.39, 0.29) is 23.7 Å². The van der Waals surface area contributed by atoms with Crippen molar-refractivity contribution in [2.45, 2.75) is 19.8 Å². The topological polar surface area (TPSA) is 63.7 Å². The minimum atomic E-state index is -0.423. The lowest BCUT2D eigenvalue weighted by atomic mass is 9.85. The van der Waals surface area contributed by atoms with Crippen LogP contribution in [0, 0.1) is 11.8 Å². The van der Waals surface area contributed by atoms with Gasteiger partial charge in [0.15, 0.2) is 0 Å². The van der Waals surface area contributed by atoms with Crippen molar-refractivity contribution in [2.75, 3.05) is 4.90 Å². The van der Waals surface area contributed by atoms with Gasteiger partial charge in [-0.3, -0.25) is 19.3 Å². The average molecular weight is 320 g/mol. The number of anilines is 1. The van der Waals surface area contributed by atoms with Gasteiger partial charge in [0.2, 0.25) is 11.8 Å². The van der Waals surface area contributed by atoms with E-state index in [1.807, 2.05) is 0 Å². The van der Waals surface area contributed by atoms with E-state index >= 15 is 0 Å². The van der Waals surface area contributed by atoms with E-state index in [0.29, 0.717) is 29.3 Å². The third kappa shape index (κ3) is 2.52. The van der Waals surface area contributed by atoms with Gasteiger partial charge in [0, 0.05) is 12.0 Å². The molecule has 1 saturated heterocycles. The summed E-state index contributed by atoms with van der Waals surface area (Å²) < 4.78 is 4.94. The van der Waals surface area contributed by atoms with Crippen LogP contribution in [-0.2, 0) is 14.4 Å². The maximum absolute atomic E-state index is 12.5. The number of nitrogens with zero attached hydrogens (tertiary/aromatic N) is 1. The van der Waals surface area contributed by atoms with Gasteiger partial charge in [-0.15, -0.1) is 0 Å². The van der Waals surface area contributed by atoms with Crippen LogP contribution in [-0.4, -0.2) is 17.8 Å². The minimum Gasteiger partial charge on any atom is -0.427 e. The first-order valence-electron chi connectivity index (χ1n) is 6.98. The van der Waals surface area contributed by atoms with Crippen LogP contribution >= 0.6 is 11.6 Å². The van der Waals surface area contributed by atoms with Gasteiger partial charge >= 0.3 is 5.97 Å². The molecule has 5 nitrogen and oxygen atoms in total. The van der Waals surface area contributed by atoms with E-state index in [2.05, 4.69) is 0 Å². The summed E-state index contributed by atoms with van der Waals surface area (Å²) in [5.41, 5.74) is 0.483. The SMILES string of the molecule is CC(=O)Oc1ccc(N2C(=O)C3CC=C(Cl)CC3C2=O)cc1. The number of hydrogen-bond donors (Lipinski definition) is 0. The number of halogens is 1. The van der Waals surface area contributed by atoms with E-state index < -0.39 is 5.97 Å². The van der Waals surface area contributed by atoms with Gasteiger partial charge in [-0.05, 0) is 37.1 Å². The summed E-state index contributed by atoms with van der Waals surface area (Å²) in [5.74, 6) is -1.18. The van der Waals surface area contributed by atoms with E-state index in [1.165, 1.54) is 11.8 Å². The van der Waals surface area contributed by atoms with Gasteiger partial charge in [-0.2, -0.15) is 0 Å². The van der Waals surface area contributed by atoms with Crippen LogP contribution in [0.1, 0.15) is 19.8 Å². The first kappa shape index (κ1) is 14.8. The fourth-order valence-corrected chi connectivity index (χ4v) is 3.17. The molecule has 1 aliphatic heterocycles. The molecule has 1 aliphatic carbocycles. The van der Waals surface area contributed by atoms with Crippen LogP contribution in [0.15, 0.2) is 35.4 Å². The number of ether oxygens (including phenoxy) is 1. The maximum atomic E-state index is 12.5. The number of fused-ring (bicyclic) bond motifs is 1.